The molecule has 4 aromatic heterocycles. The summed E-state index contributed by atoms with van der Waals surface area (Å²) in [6, 6.07) is 22.7. The number of halogens is 5. The van der Waals surface area contributed by atoms with Crippen molar-refractivity contribution in [1.82, 2.24) is 19.9 Å². The van der Waals surface area contributed by atoms with Gasteiger partial charge in [0.25, 0.3) is 0 Å². The van der Waals surface area contributed by atoms with Gasteiger partial charge in [-0.25, -0.2) is 8.78 Å². The number of benzene rings is 1. The van der Waals surface area contributed by atoms with Gasteiger partial charge >= 0.3 is 19.5 Å². The van der Waals surface area contributed by atoms with Crippen LogP contribution in [0.2, 0.25) is 0 Å². The molecule has 5 aromatic rings. The Morgan fingerprint density at radius 2 is 1.18 bits per heavy atom. The maximum atomic E-state index is 14.7. The van der Waals surface area contributed by atoms with E-state index in [1.54, 1.807) is 24.8 Å². The van der Waals surface area contributed by atoms with E-state index in [2.05, 4.69) is 37.1 Å². The van der Waals surface area contributed by atoms with Gasteiger partial charge in [-0.1, -0.05) is 68.2 Å². The Balaban J connectivity index is 0.000000226. The van der Waals surface area contributed by atoms with Crippen molar-refractivity contribution in [3.05, 3.63) is 155 Å². The SMILES string of the molecule is C=CCOc1c(F)c(F)c(C(=C2CCC[N-]2)C2CCC[N-]2)c(F)c1F.Cl.[Ru+2].c1ccc(-c2ccccn2)nc1.c1ccc(-c2ccccn2)nc1. The first kappa shape index (κ1) is 40.9. The standard InChI is InChI=1S/C18H18F4N2O.2C10H8N2.ClH.Ru/c1-2-9-25-18-16(21)14(19)13(15(20)17(18)22)12(10-5-3-7-23-10)11-6-4-8-24-11;2*1-3-7-11-9(5-1)10-6-2-4-8-12-10;;/h2,10H,1,3-9H2;2*1-8H;1H;/q-2;;;;+2. The molecule has 0 amide bonds. The number of hydrogen-bond donors (Lipinski definition) is 0. The maximum absolute atomic E-state index is 14.7. The van der Waals surface area contributed by atoms with Gasteiger partial charge in [0, 0.05) is 24.8 Å². The Kier molecular flexibility index (Phi) is 16.8. The molecule has 1 unspecified atom stereocenters. The van der Waals surface area contributed by atoms with E-state index in [9.17, 15) is 17.6 Å². The third kappa shape index (κ3) is 10.7. The molecule has 2 aliphatic rings. The van der Waals surface area contributed by atoms with Crippen LogP contribution < -0.4 is 4.74 Å². The topological polar surface area (TPSA) is 89.0 Å². The molecule has 266 valence electrons. The molecule has 0 N–H and O–H groups in total. The molecule has 6 heterocycles. The normalized spacial score (nSPS) is 15.3. The Hall–Kier alpha value is -4.51. The van der Waals surface area contributed by atoms with E-state index in [-0.39, 0.29) is 44.1 Å². The number of ether oxygens (including phenoxy) is 1. The van der Waals surface area contributed by atoms with Gasteiger partial charge in [0.2, 0.25) is 11.6 Å². The van der Waals surface area contributed by atoms with Gasteiger partial charge in [-0.2, -0.15) is 14.5 Å². The minimum absolute atomic E-state index is 0. The number of allylic oxidation sites excluding steroid dienone is 1. The van der Waals surface area contributed by atoms with Gasteiger partial charge in [-0.15, -0.1) is 31.5 Å². The van der Waals surface area contributed by atoms with Crippen molar-refractivity contribution >= 4 is 18.0 Å². The molecule has 1 atom stereocenters. The van der Waals surface area contributed by atoms with E-state index >= 15 is 0 Å². The first-order chi connectivity index (χ1) is 24.0. The van der Waals surface area contributed by atoms with Crippen LogP contribution in [0.1, 0.15) is 31.2 Å². The number of nitrogens with zero attached hydrogens (tertiary/aromatic N) is 6. The average Bonchev–Trinajstić information content (AvgIpc) is 3.91. The zero-order valence-corrected chi connectivity index (χ0v) is 30.0. The van der Waals surface area contributed by atoms with Crippen LogP contribution in [0.3, 0.4) is 0 Å². The Bertz CT molecular complexity index is 1650. The second kappa shape index (κ2) is 21.0. The number of rotatable bonds is 7. The molecule has 0 spiro atoms. The van der Waals surface area contributed by atoms with Crippen LogP contribution in [0.15, 0.2) is 116 Å². The van der Waals surface area contributed by atoms with Gasteiger partial charge in [0.05, 0.1) is 28.3 Å². The summed E-state index contributed by atoms with van der Waals surface area (Å²) in [4.78, 5) is 16.7. The molecule has 2 aliphatic heterocycles. The van der Waals surface area contributed by atoms with Gasteiger partial charge in [0.15, 0.2) is 17.4 Å². The minimum Gasteiger partial charge on any atom is -0.688 e. The minimum atomic E-state index is -1.55. The van der Waals surface area contributed by atoms with Crippen LogP contribution in [0.25, 0.3) is 39.0 Å². The van der Waals surface area contributed by atoms with E-state index in [0.29, 0.717) is 31.6 Å². The molecule has 7 nitrogen and oxygen atoms in total. The molecule has 7 rings (SSSR count). The zero-order chi connectivity index (χ0) is 34.4. The van der Waals surface area contributed by atoms with Gasteiger partial charge in [0.1, 0.15) is 6.61 Å². The van der Waals surface area contributed by atoms with Crippen LogP contribution in [-0.2, 0) is 19.5 Å². The summed E-state index contributed by atoms with van der Waals surface area (Å²) in [5, 5.41) is 8.60. The summed E-state index contributed by atoms with van der Waals surface area (Å²) in [6.07, 6.45) is 10.9. The summed E-state index contributed by atoms with van der Waals surface area (Å²) in [5.74, 6) is -7.11. The molecule has 1 aromatic carbocycles. The maximum Gasteiger partial charge on any atom is 2.00 e. The van der Waals surface area contributed by atoms with Gasteiger partial charge < -0.3 is 15.4 Å². The largest absolute Gasteiger partial charge is 2.00 e. The fourth-order valence-corrected chi connectivity index (χ4v) is 5.30. The van der Waals surface area contributed by atoms with Crippen LogP contribution in [-0.4, -0.2) is 45.7 Å². The summed E-state index contributed by atoms with van der Waals surface area (Å²) in [7, 11) is 0. The van der Waals surface area contributed by atoms with E-state index in [1.165, 1.54) is 6.08 Å². The van der Waals surface area contributed by atoms with Crippen molar-refractivity contribution in [2.24, 2.45) is 0 Å². The van der Waals surface area contributed by atoms with Gasteiger partial charge in [-0.3, -0.25) is 19.9 Å². The predicted octanol–water partition coefficient (Wildman–Crippen LogP) is 9.93. The third-order valence-corrected chi connectivity index (χ3v) is 7.53. The molecule has 0 bridgehead atoms. The summed E-state index contributed by atoms with van der Waals surface area (Å²) in [6.45, 7) is 4.15. The average molecular weight is 804 g/mol. The molecule has 51 heavy (non-hydrogen) atoms. The fraction of sp³-hybridized carbons (Fsp3) is 0.211. The Labute approximate surface area is 313 Å². The monoisotopic (exact) mass is 804 g/mol. The summed E-state index contributed by atoms with van der Waals surface area (Å²) >= 11 is 0. The van der Waals surface area contributed by atoms with E-state index in [0.717, 1.165) is 35.6 Å². The van der Waals surface area contributed by atoms with Crippen molar-refractivity contribution in [1.29, 1.82) is 0 Å². The van der Waals surface area contributed by atoms with Crippen LogP contribution in [0, 0.1) is 23.3 Å². The van der Waals surface area contributed by atoms with Crippen molar-refractivity contribution in [3.63, 3.8) is 0 Å². The zero-order valence-electron chi connectivity index (χ0n) is 27.4. The molecule has 0 aliphatic carbocycles. The first-order valence-corrected chi connectivity index (χ1v) is 15.8. The van der Waals surface area contributed by atoms with Crippen molar-refractivity contribution in [2.45, 2.75) is 31.7 Å². The Morgan fingerprint density at radius 1 is 0.706 bits per heavy atom. The molecule has 2 fully saturated rings. The summed E-state index contributed by atoms with van der Waals surface area (Å²) < 4.78 is 62.8. The van der Waals surface area contributed by atoms with Gasteiger partial charge in [-0.05, 0) is 48.5 Å². The number of pyridine rings is 4. The molecular formula is C38H35ClF4N6ORu. The van der Waals surface area contributed by atoms with Crippen molar-refractivity contribution in [3.8, 4) is 28.5 Å². The second-order valence-corrected chi connectivity index (χ2v) is 10.8. The molecular weight excluding hydrogens is 769 g/mol. The van der Waals surface area contributed by atoms with Crippen molar-refractivity contribution < 1.29 is 41.8 Å². The predicted molar refractivity (Wildman–Crippen MR) is 190 cm³/mol. The second-order valence-electron chi connectivity index (χ2n) is 10.8. The quantitative estimate of drug-likeness (QED) is 0.0708. The number of hydrogen-bond acceptors (Lipinski definition) is 5. The van der Waals surface area contributed by atoms with Crippen LogP contribution in [0.5, 0.6) is 5.75 Å². The van der Waals surface area contributed by atoms with Crippen LogP contribution in [0.4, 0.5) is 17.6 Å². The fourth-order valence-electron chi connectivity index (χ4n) is 5.30. The van der Waals surface area contributed by atoms with E-state index < -0.39 is 40.6 Å². The molecule has 13 heteroatoms. The van der Waals surface area contributed by atoms with Crippen LogP contribution >= 0.6 is 12.4 Å². The Morgan fingerprint density at radius 3 is 1.51 bits per heavy atom. The van der Waals surface area contributed by atoms with Crippen molar-refractivity contribution in [2.75, 3.05) is 19.7 Å². The summed E-state index contributed by atoms with van der Waals surface area (Å²) in [5.41, 5.74) is 3.59. The first-order valence-electron chi connectivity index (χ1n) is 15.8. The third-order valence-electron chi connectivity index (χ3n) is 7.53. The molecule has 0 radical (unpaired) electrons. The van der Waals surface area contributed by atoms with E-state index in [1.807, 2.05) is 72.8 Å². The van der Waals surface area contributed by atoms with E-state index in [4.69, 9.17) is 4.74 Å². The molecule has 2 saturated heterocycles. The number of aromatic nitrogens is 4. The molecule has 0 saturated carbocycles. The smallest absolute Gasteiger partial charge is 0.688 e.